The van der Waals surface area contributed by atoms with Gasteiger partial charge in [0.05, 0.1) is 11.4 Å². The summed E-state index contributed by atoms with van der Waals surface area (Å²) >= 11 is 0. The smallest absolute Gasteiger partial charge is 0.262 e. The van der Waals surface area contributed by atoms with Crippen LogP contribution in [0.5, 0.6) is 0 Å². The van der Waals surface area contributed by atoms with E-state index in [0.717, 1.165) is 11.4 Å². The van der Waals surface area contributed by atoms with Crippen molar-refractivity contribution in [3.05, 3.63) is 35.9 Å². The molecule has 4 N–H and O–H groups in total. The molecule has 0 saturated carbocycles. The molecule has 0 unspecified atom stereocenters. The van der Waals surface area contributed by atoms with Gasteiger partial charge in [0.25, 0.3) is 5.91 Å². The van der Waals surface area contributed by atoms with Crippen molar-refractivity contribution < 1.29 is 0 Å². The highest BCUT2D eigenvalue weighted by atomic mass is 15.6. The Morgan fingerprint density at radius 3 is 1.67 bits per heavy atom. The molecule has 0 aliphatic carbocycles. The predicted molar refractivity (Wildman–Crippen MR) is 55.7 cm³/mol. The molecule has 0 bridgehead atoms. The van der Waals surface area contributed by atoms with Gasteiger partial charge in [-0.2, -0.15) is 10.2 Å². The second-order valence-electron chi connectivity index (χ2n) is 3.59. The maximum atomic E-state index is 5.96. The third-order valence-electron chi connectivity index (χ3n) is 2.18. The fraction of sp³-hybridized carbons (Fsp3) is 0.333. The predicted octanol–water partition coefficient (Wildman–Crippen LogP) is -0.270. The molecule has 6 heteroatoms. The lowest BCUT2D eigenvalue weighted by Crippen LogP contribution is -2.58. The molecule has 2 rings (SSSR count). The van der Waals surface area contributed by atoms with Gasteiger partial charge in [-0.3, -0.25) is 11.5 Å². The molecule has 0 aliphatic rings. The number of hydrogen-bond acceptors (Lipinski definition) is 4. The van der Waals surface area contributed by atoms with Crippen molar-refractivity contribution in [1.82, 2.24) is 19.6 Å². The Balaban J connectivity index is 2.42. The summed E-state index contributed by atoms with van der Waals surface area (Å²) < 4.78 is 2.96. The normalized spacial score (nSPS) is 12.0. The van der Waals surface area contributed by atoms with Gasteiger partial charge in [0, 0.05) is 12.4 Å². The number of nitrogens with zero attached hydrogens (tertiary/aromatic N) is 4. The molecule has 0 radical (unpaired) electrons. The van der Waals surface area contributed by atoms with Crippen LogP contribution < -0.4 is 11.5 Å². The fourth-order valence-electron chi connectivity index (χ4n) is 1.33. The largest absolute Gasteiger partial charge is 0.275 e. The van der Waals surface area contributed by atoms with Crippen LogP contribution in [0.1, 0.15) is 11.4 Å². The van der Waals surface area contributed by atoms with Crippen LogP contribution in [0.2, 0.25) is 0 Å². The van der Waals surface area contributed by atoms with E-state index >= 15 is 0 Å². The molecule has 0 aliphatic heterocycles. The van der Waals surface area contributed by atoms with Crippen molar-refractivity contribution in [3.63, 3.8) is 0 Å². The molecule has 80 valence electrons. The van der Waals surface area contributed by atoms with Crippen LogP contribution in [-0.4, -0.2) is 19.6 Å². The summed E-state index contributed by atoms with van der Waals surface area (Å²) in [6.45, 7) is 3.75. The molecule has 2 aromatic rings. The van der Waals surface area contributed by atoms with Crippen molar-refractivity contribution >= 4 is 0 Å². The van der Waals surface area contributed by atoms with Crippen LogP contribution in [0, 0.1) is 13.8 Å². The molecule has 0 atom stereocenters. The van der Waals surface area contributed by atoms with Gasteiger partial charge in [0.2, 0.25) is 0 Å². The minimum absolute atomic E-state index is 0.860. The van der Waals surface area contributed by atoms with Crippen LogP contribution >= 0.6 is 0 Å². The molecule has 2 heterocycles. The van der Waals surface area contributed by atoms with E-state index in [4.69, 9.17) is 11.5 Å². The monoisotopic (exact) mass is 206 g/mol. The number of aromatic nitrogens is 4. The summed E-state index contributed by atoms with van der Waals surface area (Å²) in [5, 5.41) is 8.35. The van der Waals surface area contributed by atoms with Gasteiger partial charge in [0.1, 0.15) is 0 Å². The van der Waals surface area contributed by atoms with E-state index in [2.05, 4.69) is 10.2 Å². The van der Waals surface area contributed by atoms with Crippen LogP contribution in [0.4, 0.5) is 0 Å². The summed E-state index contributed by atoms with van der Waals surface area (Å²) in [5.74, 6) is -1.26. The van der Waals surface area contributed by atoms with Gasteiger partial charge >= 0.3 is 0 Å². The Bertz CT molecular complexity index is 424. The third kappa shape index (κ3) is 1.64. The van der Waals surface area contributed by atoms with Gasteiger partial charge in [-0.1, -0.05) is 0 Å². The Kier molecular flexibility index (Phi) is 2.09. The molecule has 0 amide bonds. The number of rotatable bonds is 2. The molecule has 0 fully saturated rings. The van der Waals surface area contributed by atoms with Crippen molar-refractivity contribution in [1.29, 1.82) is 0 Å². The van der Waals surface area contributed by atoms with Crippen molar-refractivity contribution in [2.45, 2.75) is 19.8 Å². The van der Waals surface area contributed by atoms with Crippen LogP contribution in [-0.2, 0) is 5.91 Å². The summed E-state index contributed by atoms with van der Waals surface area (Å²) in [5.41, 5.74) is 13.7. The topological polar surface area (TPSA) is 87.7 Å². The van der Waals surface area contributed by atoms with Gasteiger partial charge < -0.3 is 0 Å². The lowest BCUT2D eigenvalue weighted by Gasteiger charge is -2.25. The molecule has 2 aromatic heterocycles. The fourth-order valence-corrected chi connectivity index (χ4v) is 1.33. The average Bonchev–Trinajstić information content (AvgIpc) is 2.74. The van der Waals surface area contributed by atoms with Gasteiger partial charge in [-0.25, -0.2) is 9.36 Å². The molecule has 6 nitrogen and oxygen atoms in total. The van der Waals surface area contributed by atoms with E-state index in [-0.39, 0.29) is 0 Å². The van der Waals surface area contributed by atoms with Crippen LogP contribution in [0.3, 0.4) is 0 Å². The maximum absolute atomic E-state index is 5.96. The molecular formula is C9H14N6. The van der Waals surface area contributed by atoms with E-state index in [1.165, 1.54) is 9.36 Å². The van der Waals surface area contributed by atoms with E-state index in [0.29, 0.717) is 0 Å². The maximum Gasteiger partial charge on any atom is 0.262 e. The molecular weight excluding hydrogens is 192 g/mol. The standard InChI is InChI=1S/C9H14N6/c1-7-3-5-14(12-7)9(10,11)15-6-4-8(2)13-15/h3-6H,10-11H2,1-2H3. The second kappa shape index (κ2) is 3.18. The first kappa shape index (κ1) is 9.88. The quantitative estimate of drug-likeness (QED) is 0.662. The Labute approximate surface area is 87.5 Å². The van der Waals surface area contributed by atoms with Gasteiger partial charge in [-0.05, 0) is 26.0 Å². The van der Waals surface area contributed by atoms with Gasteiger partial charge in [-0.15, -0.1) is 0 Å². The van der Waals surface area contributed by atoms with E-state index < -0.39 is 5.91 Å². The van der Waals surface area contributed by atoms with E-state index in [1.54, 1.807) is 12.4 Å². The lowest BCUT2D eigenvalue weighted by atomic mass is 10.5. The number of nitrogens with two attached hydrogens (primary N) is 2. The van der Waals surface area contributed by atoms with Crippen LogP contribution in [0.25, 0.3) is 0 Å². The number of hydrogen-bond donors (Lipinski definition) is 2. The molecule has 0 aromatic carbocycles. The molecule has 0 saturated heterocycles. The Morgan fingerprint density at radius 2 is 1.40 bits per heavy atom. The SMILES string of the molecule is Cc1ccn(C(N)(N)n2ccc(C)n2)n1. The lowest BCUT2D eigenvalue weighted by molar-refractivity contribution is 0.197. The molecule has 0 spiro atoms. The van der Waals surface area contributed by atoms with Crippen LogP contribution in [0.15, 0.2) is 24.5 Å². The first-order valence-electron chi connectivity index (χ1n) is 4.63. The van der Waals surface area contributed by atoms with Crippen molar-refractivity contribution in [2.75, 3.05) is 0 Å². The van der Waals surface area contributed by atoms with Crippen molar-refractivity contribution in [3.8, 4) is 0 Å². The highest BCUT2D eigenvalue weighted by Crippen LogP contribution is 2.06. The third-order valence-corrected chi connectivity index (χ3v) is 2.18. The minimum Gasteiger partial charge on any atom is -0.275 e. The highest BCUT2D eigenvalue weighted by molar-refractivity contribution is 5.00. The highest BCUT2D eigenvalue weighted by Gasteiger charge is 2.25. The number of aryl methyl sites for hydroxylation is 2. The summed E-state index contributed by atoms with van der Waals surface area (Å²) in [6.07, 6.45) is 3.46. The molecule has 15 heavy (non-hydrogen) atoms. The zero-order chi connectivity index (χ0) is 11.1. The summed E-state index contributed by atoms with van der Waals surface area (Å²) in [6, 6.07) is 3.68. The first-order valence-corrected chi connectivity index (χ1v) is 4.63. The first-order chi connectivity index (χ1) is 7.00. The average molecular weight is 206 g/mol. The second-order valence-corrected chi connectivity index (χ2v) is 3.59. The Morgan fingerprint density at radius 1 is 1.00 bits per heavy atom. The van der Waals surface area contributed by atoms with Gasteiger partial charge in [0.15, 0.2) is 0 Å². The van der Waals surface area contributed by atoms with Crippen molar-refractivity contribution in [2.24, 2.45) is 11.5 Å². The van der Waals surface area contributed by atoms with E-state index in [9.17, 15) is 0 Å². The zero-order valence-corrected chi connectivity index (χ0v) is 8.75. The Hall–Kier alpha value is -1.66. The minimum atomic E-state index is -1.26. The zero-order valence-electron chi connectivity index (χ0n) is 8.75. The summed E-state index contributed by atoms with van der Waals surface area (Å²) in [4.78, 5) is 0. The summed E-state index contributed by atoms with van der Waals surface area (Å²) in [7, 11) is 0. The van der Waals surface area contributed by atoms with E-state index in [1.807, 2.05) is 26.0 Å².